The van der Waals surface area contributed by atoms with Gasteiger partial charge in [0.15, 0.2) is 0 Å². The average Bonchev–Trinajstić information content (AvgIpc) is 1.99. The van der Waals surface area contributed by atoms with Crippen molar-refractivity contribution in [3.05, 3.63) is 0 Å². The van der Waals surface area contributed by atoms with Gasteiger partial charge in [-0.05, 0) is 20.3 Å². The molecule has 0 aliphatic heterocycles. The molecule has 0 bridgehead atoms. The van der Waals surface area contributed by atoms with Gasteiger partial charge in [-0.2, -0.15) is 0 Å². The van der Waals surface area contributed by atoms with Gasteiger partial charge in [0.2, 0.25) is 0 Å². The lowest BCUT2D eigenvalue weighted by Crippen LogP contribution is -2.56. The summed E-state index contributed by atoms with van der Waals surface area (Å²) in [5.41, 5.74) is -0.0383. The van der Waals surface area contributed by atoms with Gasteiger partial charge in [-0.1, -0.05) is 6.92 Å². The first-order chi connectivity index (χ1) is 6.20. The molecule has 3 heteroatoms. The van der Waals surface area contributed by atoms with Crippen LogP contribution < -0.4 is 0 Å². The van der Waals surface area contributed by atoms with Crippen LogP contribution in [0.15, 0.2) is 0 Å². The Balaban J connectivity index is 4.06. The van der Waals surface area contributed by atoms with Crippen LogP contribution in [0.25, 0.3) is 0 Å². The van der Waals surface area contributed by atoms with E-state index in [4.69, 9.17) is 4.74 Å². The predicted octanol–water partition coefficient (Wildman–Crippen LogP) is 1.81. The van der Waals surface area contributed by atoms with Crippen molar-refractivity contribution in [2.75, 3.05) is 27.7 Å². The summed E-state index contributed by atoms with van der Waals surface area (Å²) in [6, 6.07) is 0. The zero-order valence-electron chi connectivity index (χ0n) is 10.4. The highest BCUT2D eigenvalue weighted by atomic mass is 16.5. The number of ether oxygens (including phenoxy) is 1. The topological polar surface area (TPSA) is 26.3 Å². The molecule has 0 N–H and O–H groups in total. The number of carbonyl (C=O) groups is 1. The lowest BCUT2D eigenvalue weighted by atomic mass is 10.0. The first kappa shape index (κ1) is 13.4. The number of carbonyl (C=O) groups excluding carboxylic acids is 1. The van der Waals surface area contributed by atoms with Crippen molar-refractivity contribution in [2.24, 2.45) is 0 Å². The molecule has 84 valence electrons. The van der Waals surface area contributed by atoms with Crippen molar-refractivity contribution in [1.82, 2.24) is 0 Å². The molecule has 0 atom stereocenters. The number of rotatable bonds is 5. The maximum atomic E-state index is 11.2. The quantitative estimate of drug-likeness (QED) is 0.502. The second-order valence-corrected chi connectivity index (χ2v) is 5.24. The summed E-state index contributed by atoms with van der Waals surface area (Å²) >= 11 is 0. The van der Waals surface area contributed by atoms with Crippen molar-refractivity contribution in [1.29, 1.82) is 0 Å². The lowest BCUT2D eigenvalue weighted by Gasteiger charge is -2.40. The van der Waals surface area contributed by atoms with Crippen molar-refractivity contribution in [3.63, 3.8) is 0 Å². The Bertz CT molecular complexity index is 192. The van der Waals surface area contributed by atoms with Crippen LogP contribution in [0.1, 0.15) is 33.6 Å². The summed E-state index contributed by atoms with van der Waals surface area (Å²) in [6.45, 7) is 6.67. The highest BCUT2D eigenvalue weighted by Crippen LogP contribution is 2.17. The molecule has 3 nitrogen and oxygen atoms in total. The Morgan fingerprint density at radius 3 is 2.14 bits per heavy atom. The number of esters is 1. The van der Waals surface area contributed by atoms with E-state index in [0.29, 0.717) is 13.0 Å². The summed E-state index contributed by atoms with van der Waals surface area (Å²) in [5.74, 6) is -0.0889. The normalized spacial score (nSPS) is 12.7. The largest absolute Gasteiger partial charge is 0.459 e. The fraction of sp³-hybridized carbons (Fsp3) is 0.909. The Hall–Kier alpha value is -0.570. The fourth-order valence-corrected chi connectivity index (χ4v) is 0.727. The molecule has 0 aromatic carbocycles. The van der Waals surface area contributed by atoms with E-state index in [2.05, 4.69) is 35.0 Å². The first-order valence-electron chi connectivity index (χ1n) is 5.18. The summed E-state index contributed by atoms with van der Waals surface area (Å²) in [5, 5.41) is 0. The van der Waals surface area contributed by atoms with Crippen molar-refractivity contribution < 1.29 is 14.0 Å². The minimum absolute atomic E-state index is 0.0383. The lowest BCUT2D eigenvalue weighted by molar-refractivity contribution is -0.919. The Labute approximate surface area is 87.6 Å². The third-order valence-corrected chi connectivity index (χ3v) is 2.86. The van der Waals surface area contributed by atoms with Crippen LogP contribution in [0.5, 0.6) is 0 Å². The molecular formula is C11H24NO2+. The second-order valence-electron chi connectivity index (χ2n) is 5.24. The molecule has 0 heterocycles. The summed E-state index contributed by atoms with van der Waals surface area (Å²) in [4.78, 5) is 11.2. The number of hydrogen-bond acceptors (Lipinski definition) is 2. The van der Waals surface area contributed by atoms with E-state index < -0.39 is 0 Å². The van der Waals surface area contributed by atoms with Crippen molar-refractivity contribution >= 4 is 5.97 Å². The van der Waals surface area contributed by atoms with Crippen LogP contribution in [0.3, 0.4) is 0 Å². The maximum absolute atomic E-state index is 11.2. The van der Waals surface area contributed by atoms with Gasteiger partial charge >= 0.3 is 5.97 Å². The van der Waals surface area contributed by atoms with Crippen LogP contribution >= 0.6 is 0 Å². The molecule has 14 heavy (non-hydrogen) atoms. The molecule has 0 amide bonds. The van der Waals surface area contributed by atoms with E-state index >= 15 is 0 Å². The van der Waals surface area contributed by atoms with Gasteiger partial charge in [0.1, 0.15) is 12.1 Å². The van der Waals surface area contributed by atoms with Crippen LogP contribution in [-0.2, 0) is 9.53 Å². The third kappa shape index (κ3) is 4.09. The van der Waals surface area contributed by atoms with E-state index in [1.54, 1.807) is 0 Å². The zero-order chi connectivity index (χ0) is 11.4. The van der Waals surface area contributed by atoms with Gasteiger partial charge in [-0.3, -0.25) is 4.79 Å². The molecule has 0 aliphatic carbocycles. The Morgan fingerprint density at radius 2 is 1.79 bits per heavy atom. The molecule has 0 spiro atoms. The minimum atomic E-state index is -0.0889. The van der Waals surface area contributed by atoms with E-state index in [1.807, 2.05) is 6.92 Å². The van der Waals surface area contributed by atoms with E-state index in [9.17, 15) is 4.79 Å². The predicted molar refractivity (Wildman–Crippen MR) is 58.0 cm³/mol. The maximum Gasteiger partial charge on any atom is 0.306 e. The molecule has 0 aromatic rings. The number of hydrogen-bond donors (Lipinski definition) is 0. The number of likely N-dealkylation sites (N-methyl/N-ethyl adjacent to an activating group) is 1. The summed E-state index contributed by atoms with van der Waals surface area (Å²) < 4.78 is 6.00. The van der Waals surface area contributed by atoms with Gasteiger partial charge in [0.05, 0.1) is 21.1 Å². The van der Waals surface area contributed by atoms with Crippen LogP contribution in [0.4, 0.5) is 0 Å². The van der Waals surface area contributed by atoms with Gasteiger partial charge in [-0.15, -0.1) is 0 Å². The van der Waals surface area contributed by atoms with Gasteiger partial charge < -0.3 is 9.22 Å². The van der Waals surface area contributed by atoms with Crippen LogP contribution in [0.2, 0.25) is 0 Å². The highest BCUT2D eigenvalue weighted by molar-refractivity contribution is 5.69. The number of nitrogens with zero attached hydrogens (tertiary/aromatic N) is 1. The van der Waals surface area contributed by atoms with Crippen LogP contribution in [0, 0.1) is 0 Å². The fourth-order valence-electron chi connectivity index (χ4n) is 0.727. The number of quaternary nitrogens is 1. The van der Waals surface area contributed by atoms with Gasteiger partial charge in [-0.25, -0.2) is 0 Å². The molecular weight excluding hydrogens is 178 g/mol. The molecule has 0 aromatic heterocycles. The SMILES string of the molecule is CCCC(=O)OCC(C)(C)[N+](C)(C)C. The minimum Gasteiger partial charge on any atom is -0.459 e. The molecule has 0 saturated carbocycles. The molecule has 0 radical (unpaired) electrons. The van der Waals surface area contributed by atoms with Crippen molar-refractivity contribution in [3.8, 4) is 0 Å². The zero-order valence-corrected chi connectivity index (χ0v) is 10.4. The molecule has 0 saturated heterocycles. The van der Waals surface area contributed by atoms with E-state index in [1.165, 1.54) is 0 Å². The van der Waals surface area contributed by atoms with Crippen LogP contribution in [-0.4, -0.2) is 43.7 Å². The smallest absolute Gasteiger partial charge is 0.306 e. The third-order valence-electron chi connectivity index (χ3n) is 2.86. The highest BCUT2D eigenvalue weighted by Gasteiger charge is 2.34. The molecule has 0 rings (SSSR count). The molecule has 0 unspecified atom stereocenters. The average molecular weight is 202 g/mol. The Kier molecular flexibility index (Phi) is 4.59. The summed E-state index contributed by atoms with van der Waals surface area (Å²) in [7, 11) is 6.31. The summed E-state index contributed by atoms with van der Waals surface area (Å²) in [6.07, 6.45) is 1.37. The Morgan fingerprint density at radius 1 is 1.29 bits per heavy atom. The molecule has 0 fully saturated rings. The van der Waals surface area contributed by atoms with E-state index in [0.717, 1.165) is 10.9 Å². The second kappa shape index (κ2) is 4.78. The standard InChI is InChI=1S/C11H24NO2/c1-7-8-10(13)14-9-11(2,3)12(4,5)6/h7-9H2,1-6H3/q+1. The van der Waals surface area contributed by atoms with Crippen molar-refractivity contribution in [2.45, 2.75) is 39.2 Å². The van der Waals surface area contributed by atoms with Gasteiger partial charge in [0.25, 0.3) is 0 Å². The van der Waals surface area contributed by atoms with E-state index in [-0.39, 0.29) is 11.5 Å². The van der Waals surface area contributed by atoms with Gasteiger partial charge in [0, 0.05) is 6.42 Å². The molecule has 0 aliphatic rings. The first-order valence-corrected chi connectivity index (χ1v) is 5.18. The monoisotopic (exact) mass is 202 g/mol.